The molecule has 2 heterocycles. The predicted octanol–water partition coefficient (Wildman–Crippen LogP) is -1.26. The largest absolute Gasteiger partial charge is 0.436 e. The number of alkyl halides is 1. The average molecular weight is 276 g/mol. The van der Waals surface area contributed by atoms with Crippen molar-refractivity contribution in [2.24, 2.45) is 0 Å². The van der Waals surface area contributed by atoms with Gasteiger partial charge in [-0.3, -0.25) is 0 Å². The van der Waals surface area contributed by atoms with Crippen molar-refractivity contribution in [2.75, 3.05) is 6.67 Å². The summed E-state index contributed by atoms with van der Waals surface area (Å²) in [5.41, 5.74) is 0. The molecule has 0 bridgehead atoms. The van der Waals surface area contributed by atoms with Crippen molar-refractivity contribution >= 4 is 5.95 Å². The summed E-state index contributed by atoms with van der Waals surface area (Å²) < 4.78 is 18.4. The summed E-state index contributed by atoms with van der Waals surface area (Å²) in [5.74, 6) is -0.591. The first-order chi connectivity index (χ1) is 8.97. The predicted molar refractivity (Wildman–Crippen MR) is 56.8 cm³/mol. The molecular weight excluding hydrogens is 264 g/mol. The number of ether oxygens (including phenoxy) is 1. The van der Waals surface area contributed by atoms with Gasteiger partial charge in [-0.25, -0.2) is 4.39 Å². The number of halogens is 1. The van der Waals surface area contributed by atoms with Crippen molar-refractivity contribution in [2.45, 2.75) is 30.6 Å². The van der Waals surface area contributed by atoms with Crippen molar-refractivity contribution in [1.82, 2.24) is 9.55 Å². The summed E-state index contributed by atoms with van der Waals surface area (Å²) in [5, 5.41) is 39.4. The molecule has 0 amide bonds. The number of aliphatic hydroxyl groups is 3. The highest BCUT2D eigenvalue weighted by Gasteiger charge is 2.49. The van der Waals surface area contributed by atoms with E-state index in [0.717, 1.165) is 10.8 Å². The van der Waals surface area contributed by atoms with E-state index in [0.29, 0.717) is 0 Å². The first-order valence-electron chi connectivity index (χ1n) is 5.40. The molecule has 106 valence electrons. The van der Waals surface area contributed by atoms with Crippen LogP contribution < -0.4 is 0 Å². The van der Waals surface area contributed by atoms with E-state index in [2.05, 4.69) is 4.98 Å². The third-order valence-corrected chi connectivity index (χ3v) is 2.90. The lowest BCUT2D eigenvalue weighted by Gasteiger charge is -2.17. The molecule has 0 spiro atoms. The maximum absolute atomic E-state index is 12.4. The number of rotatable bonds is 4. The first kappa shape index (κ1) is 13.8. The normalized spacial score (nSPS) is 32.4. The van der Waals surface area contributed by atoms with E-state index in [-0.39, 0.29) is 0 Å². The van der Waals surface area contributed by atoms with E-state index < -0.39 is 48.2 Å². The molecular formula is C9H12FN3O6. The van der Waals surface area contributed by atoms with Gasteiger partial charge < -0.3 is 30.2 Å². The molecule has 5 atom stereocenters. The molecule has 1 aromatic rings. The van der Waals surface area contributed by atoms with Gasteiger partial charge in [0.2, 0.25) is 6.23 Å². The van der Waals surface area contributed by atoms with E-state index >= 15 is 0 Å². The van der Waals surface area contributed by atoms with Crippen LogP contribution in [0.1, 0.15) is 6.23 Å². The molecule has 1 fully saturated rings. The molecule has 1 saturated heterocycles. The Morgan fingerprint density at radius 2 is 2.26 bits per heavy atom. The van der Waals surface area contributed by atoms with E-state index in [1.54, 1.807) is 0 Å². The lowest BCUT2D eigenvalue weighted by molar-refractivity contribution is -0.398. The van der Waals surface area contributed by atoms with Crippen LogP contribution in [0.25, 0.3) is 0 Å². The van der Waals surface area contributed by atoms with Gasteiger partial charge in [-0.2, -0.15) is 4.57 Å². The number of hydrogen-bond donors (Lipinski definition) is 3. The summed E-state index contributed by atoms with van der Waals surface area (Å²) >= 11 is 0. The Kier molecular flexibility index (Phi) is 3.75. The van der Waals surface area contributed by atoms with Gasteiger partial charge in [0.15, 0.2) is 0 Å². The number of imidazole rings is 1. The lowest BCUT2D eigenvalue weighted by Crippen LogP contribution is -2.39. The van der Waals surface area contributed by atoms with Gasteiger partial charge in [-0.15, -0.1) is 0 Å². The zero-order chi connectivity index (χ0) is 14.2. The van der Waals surface area contributed by atoms with Gasteiger partial charge in [-0.1, -0.05) is 4.98 Å². The van der Waals surface area contributed by atoms with Crippen molar-refractivity contribution in [3.05, 3.63) is 22.5 Å². The number of hydrogen-bond acceptors (Lipinski definition) is 7. The standard InChI is InChI=1S/C9H12FN3O6/c10-3-4(14)7-5(15)6(16)8(19-7)12-2-1-11-9(12)13(17)18/h1-2,4-8,14-16H,3H2/t4-,5+,6-,7-,8-/m1/s1/i10-1. The van der Waals surface area contributed by atoms with Crippen LogP contribution in [-0.4, -0.2) is 60.9 Å². The molecule has 0 aliphatic carbocycles. The van der Waals surface area contributed by atoms with Crippen LogP contribution in [0.5, 0.6) is 0 Å². The Balaban J connectivity index is 2.26. The smallest absolute Gasteiger partial charge is 0.390 e. The minimum absolute atomic E-state index is 0.591. The minimum atomic E-state index is -1.63. The molecule has 3 N–H and O–H groups in total. The number of nitro groups is 1. The van der Waals surface area contributed by atoms with Crippen molar-refractivity contribution in [3.63, 3.8) is 0 Å². The van der Waals surface area contributed by atoms with Gasteiger partial charge >= 0.3 is 5.95 Å². The van der Waals surface area contributed by atoms with Crippen molar-refractivity contribution in [3.8, 4) is 0 Å². The van der Waals surface area contributed by atoms with E-state index in [4.69, 9.17) is 4.74 Å². The van der Waals surface area contributed by atoms with Crippen molar-refractivity contribution < 1.29 is 29.4 Å². The fraction of sp³-hybridized carbons (Fsp3) is 0.667. The average Bonchev–Trinajstić information content (AvgIpc) is 2.96. The van der Waals surface area contributed by atoms with Crippen LogP contribution in [-0.2, 0) is 4.74 Å². The molecule has 1 aliphatic heterocycles. The molecule has 0 radical (unpaired) electrons. The SMILES string of the molecule is O=[N+]([O-])c1nccn1[C@@H]1O[C@H]([C@H](O)C[18F])[C@@H](O)[C@H]1O. The molecule has 2 rings (SSSR count). The zero-order valence-corrected chi connectivity index (χ0v) is 9.53. The summed E-state index contributed by atoms with van der Waals surface area (Å²) in [7, 11) is 0. The van der Waals surface area contributed by atoms with E-state index in [9.17, 15) is 29.8 Å². The molecule has 1 aromatic heterocycles. The minimum Gasteiger partial charge on any atom is -0.390 e. The van der Waals surface area contributed by atoms with Crippen LogP contribution in [0.3, 0.4) is 0 Å². The number of aromatic nitrogens is 2. The summed E-state index contributed by atoms with van der Waals surface area (Å²) in [6.07, 6.45) is -5.10. The Morgan fingerprint density at radius 3 is 2.84 bits per heavy atom. The van der Waals surface area contributed by atoms with Crippen molar-refractivity contribution in [1.29, 1.82) is 0 Å². The Morgan fingerprint density at radius 1 is 1.58 bits per heavy atom. The van der Waals surface area contributed by atoms with Crippen LogP contribution in [0.15, 0.2) is 12.4 Å². The number of aliphatic hydroxyl groups excluding tert-OH is 3. The molecule has 0 aromatic carbocycles. The van der Waals surface area contributed by atoms with Gasteiger partial charge in [0, 0.05) is 0 Å². The second-order valence-electron chi connectivity index (χ2n) is 4.09. The van der Waals surface area contributed by atoms with Gasteiger partial charge in [0.05, 0.1) is 0 Å². The lowest BCUT2D eigenvalue weighted by atomic mass is 10.1. The molecule has 9 nitrogen and oxygen atoms in total. The van der Waals surface area contributed by atoms with E-state index in [1.165, 1.54) is 6.20 Å². The highest BCUT2D eigenvalue weighted by molar-refractivity contribution is 5.10. The highest BCUT2D eigenvalue weighted by atomic mass is 18.2. The Bertz CT molecular complexity index is 469. The highest BCUT2D eigenvalue weighted by Crippen LogP contribution is 2.33. The van der Waals surface area contributed by atoms with Crippen LogP contribution >= 0.6 is 0 Å². The maximum Gasteiger partial charge on any atom is 0.436 e. The second-order valence-corrected chi connectivity index (χ2v) is 4.09. The topological polar surface area (TPSA) is 131 Å². The quantitative estimate of drug-likeness (QED) is 0.462. The molecule has 10 heteroatoms. The van der Waals surface area contributed by atoms with Crippen LogP contribution in [0, 0.1) is 10.1 Å². The molecule has 1 aliphatic rings. The van der Waals surface area contributed by atoms with Gasteiger partial charge in [-0.05, 0) is 4.92 Å². The fourth-order valence-corrected chi connectivity index (χ4v) is 1.97. The third kappa shape index (κ3) is 2.30. The maximum atomic E-state index is 12.4. The summed E-state index contributed by atoms with van der Waals surface area (Å²) in [6.45, 7) is -1.17. The summed E-state index contributed by atoms with van der Waals surface area (Å²) in [4.78, 5) is 13.4. The second kappa shape index (κ2) is 5.17. The third-order valence-electron chi connectivity index (χ3n) is 2.90. The van der Waals surface area contributed by atoms with Crippen LogP contribution in [0.4, 0.5) is 10.3 Å². The monoisotopic (exact) mass is 276 g/mol. The zero-order valence-electron chi connectivity index (χ0n) is 9.53. The fourth-order valence-electron chi connectivity index (χ4n) is 1.97. The number of nitrogens with zero attached hydrogens (tertiary/aromatic N) is 3. The Hall–Kier alpha value is -1.62. The molecule has 0 unspecified atom stereocenters. The van der Waals surface area contributed by atoms with Gasteiger partial charge in [0.25, 0.3) is 0 Å². The summed E-state index contributed by atoms with van der Waals surface area (Å²) in [6, 6.07) is 0. The van der Waals surface area contributed by atoms with Crippen LogP contribution in [0.2, 0.25) is 0 Å². The van der Waals surface area contributed by atoms with Gasteiger partial charge in [0.1, 0.15) is 43.5 Å². The molecule has 0 saturated carbocycles. The Labute approximate surface area is 106 Å². The first-order valence-corrected chi connectivity index (χ1v) is 5.40. The van der Waals surface area contributed by atoms with E-state index in [1.807, 2.05) is 0 Å². The molecule has 19 heavy (non-hydrogen) atoms.